The Hall–Kier alpha value is -2.31. The van der Waals surface area contributed by atoms with Crippen LogP contribution in [0, 0.1) is 0 Å². The summed E-state index contributed by atoms with van der Waals surface area (Å²) >= 11 is 5.17. The number of hydrogen-bond acceptors (Lipinski definition) is 4. The lowest BCUT2D eigenvalue weighted by Gasteiger charge is -2.15. The molecule has 0 aliphatic rings. The van der Waals surface area contributed by atoms with Crippen LogP contribution >= 0.6 is 12.2 Å². The Morgan fingerprint density at radius 3 is 2.39 bits per heavy atom. The van der Waals surface area contributed by atoms with E-state index in [1.807, 2.05) is 30.3 Å². The highest BCUT2D eigenvalue weighted by Crippen LogP contribution is 2.17. The number of methoxy groups -OCH3 is 1. The van der Waals surface area contributed by atoms with Gasteiger partial charge in [0, 0.05) is 12.2 Å². The second kappa shape index (κ2) is 8.97. The van der Waals surface area contributed by atoms with E-state index in [0.29, 0.717) is 17.4 Å². The van der Waals surface area contributed by atoms with E-state index in [0.717, 1.165) is 11.4 Å². The minimum Gasteiger partial charge on any atom is -0.497 e. The molecule has 0 amide bonds. The van der Waals surface area contributed by atoms with E-state index < -0.39 is 6.10 Å². The van der Waals surface area contributed by atoms with Crippen molar-refractivity contribution in [3.63, 3.8) is 0 Å². The number of para-hydroxylation sites is 1. The largest absolute Gasteiger partial charge is 0.497 e. The van der Waals surface area contributed by atoms with Crippen molar-refractivity contribution in [2.75, 3.05) is 25.6 Å². The summed E-state index contributed by atoms with van der Waals surface area (Å²) in [5.41, 5.74) is 0.897. The Kier molecular flexibility index (Phi) is 6.65. The fourth-order valence-corrected chi connectivity index (χ4v) is 2.03. The van der Waals surface area contributed by atoms with Crippen molar-refractivity contribution in [1.29, 1.82) is 0 Å². The van der Waals surface area contributed by atoms with Crippen molar-refractivity contribution in [1.82, 2.24) is 5.32 Å². The fraction of sp³-hybridized carbons (Fsp3) is 0.235. The summed E-state index contributed by atoms with van der Waals surface area (Å²) < 4.78 is 10.6. The van der Waals surface area contributed by atoms with E-state index in [2.05, 4.69) is 10.6 Å². The number of rotatable bonds is 7. The lowest BCUT2D eigenvalue weighted by molar-refractivity contribution is 0.110. The van der Waals surface area contributed by atoms with Crippen LogP contribution < -0.4 is 20.1 Å². The third-order valence-electron chi connectivity index (χ3n) is 3.03. The quantitative estimate of drug-likeness (QED) is 0.677. The van der Waals surface area contributed by atoms with Gasteiger partial charge in [-0.15, -0.1) is 0 Å². The highest BCUT2D eigenvalue weighted by Gasteiger charge is 2.06. The Morgan fingerprint density at radius 1 is 1.09 bits per heavy atom. The predicted molar refractivity (Wildman–Crippen MR) is 95.2 cm³/mol. The fourth-order valence-electron chi connectivity index (χ4n) is 1.83. The van der Waals surface area contributed by atoms with Gasteiger partial charge in [0.1, 0.15) is 24.2 Å². The molecule has 1 atom stereocenters. The molecule has 0 fully saturated rings. The van der Waals surface area contributed by atoms with E-state index in [1.165, 1.54) is 0 Å². The molecule has 0 heterocycles. The first-order valence-corrected chi connectivity index (χ1v) is 7.63. The Bertz CT molecular complexity index is 605. The van der Waals surface area contributed by atoms with Gasteiger partial charge in [-0.25, -0.2) is 0 Å². The van der Waals surface area contributed by atoms with Crippen LogP contribution in [0.2, 0.25) is 0 Å². The molecule has 2 aromatic carbocycles. The van der Waals surface area contributed by atoms with Crippen LogP contribution in [0.3, 0.4) is 0 Å². The number of nitrogens with one attached hydrogen (secondary N) is 2. The number of anilines is 1. The number of aliphatic hydroxyl groups excluding tert-OH is 1. The third-order valence-corrected chi connectivity index (χ3v) is 3.28. The molecule has 0 saturated carbocycles. The molecule has 23 heavy (non-hydrogen) atoms. The van der Waals surface area contributed by atoms with E-state index in [-0.39, 0.29) is 6.61 Å². The Morgan fingerprint density at radius 2 is 1.74 bits per heavy atom. The topological polar surface area (TPSA) is 62.8 Å². The molecule has 1 unspecified atom stereocenters. The number of hydrogen-bond donors (Lipinski definition) is 3. The summed E-state index contributed by atoms with van der Waals surface area (Å²) in [6, 6.07) is 16.8. The van der Waals surface area contributed by atoms with Crippen LogP contribution in [0.4, 0.5) is 5.69 Å². The lowest BCUT2D eigenvalue weighted by atomic mass is 10.3. The zero-order valence-electron chi connectivity index (χ0n) is 12.9. The molecule has 0 aliphatic heterocycles. The minimum absolute atomic E-state index is 0.174. The molecular formula is C17H20N2O3S. The van der Waals surface area contributed by atoms with E-state index >= 15 is 0 Å². The zero-order chi connectivity index (χ0) is 16.5. The van der Waals surface area contributed by atoms with Gasteiger partial charge in [-0.3, -0.25) is 0 Å². The summed E-state index contributed by atoms with van der Waals surface area (Å²) in [6.07, 6.45) is -0.673. The second-order valence-corrected chi connectivity index (χ2v) is 5.25. The van der Waals surface area contributed by atoms with Crippen molar-refractivity contribution >= 4 is 23.0 Å². The molecule has 122 valence electrons. The maximum atomic E-state index is 9.93. The minimum atomic E-state index is -0.673. The smallest absolute Gasteiger partial charge is 0.170 e. The number of aliphatic hydroxyl groups is 1. The molecular weight excluding hydrogens is 312 g/mol. The molecule has 0 radical (unpaired) electrons. The van der Waals surface area contributed by atoms with Gasteiger partial charge in [0.15, 0.2) is 5.11 Å². The number of thiocarbonyl (C=S) groups is 1. The predicted octanol–water partition coefficient (Wildman–Crippen LogP) is 2.42. The summed E-state index contributed by atoms with van der Waals surface area (Å²) in [5.74, 6) is 1.44. The van der Waals surface area contributed by atoms with Crippen molar-refractivity contribution in [3.05, 3.63) is 54.6 Å². The third kappa shape index (κ3) is 6.14. The summed E-state index contributed by atoms with van der Waals surface area (Å²) in [4.78, 5) is 0. The SMILES string of the molecule is COc1ccc(OCC(O)CNC(=S)Nc2ccccc2)cc1. The van der Waals surface area contributed by atoms with Gasteiger partial charge >= 0.3 is 0 Å². The van der Waals surface area contributed by atoms with Gasteiger partial charge in [0.25, 0.3) is 0 Å². The van der Waals surface area contributed by atoms with Crippen LogP contribution in [-0.2, 0) is 0 Å². The van der Waals surface area contributed by atoms with Gasteiger partial charge in [-0.1, -0.05) is 18.2 Å². The van der Waals surface area contributed by atoms with Gasteiger partial charge in [0.05, 0.1) is 7.11 Å². The van der Waals surface area contributed by atoms with E-state index in [9.17, 15) is 5.11 Å². The number of ether oxygens (including phenoxy) is 2. The van der Waals surface area contributed by atoms with Crippen molar-refractivity contribution in [2.45, 2.75) is 6.10 Å². The first-order valence-electron chi connectivity index (χ1n) is 7.22. The maximum Gasteiger partial charge on any atom is 0.170 e. The maximum absolute atomic E-state index is 9.93. The molecule has 0 aromatic heterocycles. The van der Waals surface area contributed by atoms with Crippen LogP contribution in [-0.4, -0.2) is 36.6 Å². The molecule has 0 aliphatic carbocycles. The Balaban J connectivity index is 1.68. The van der Waals surface area contributed by atoms with Crippen molar-refractivity contribution < 1.29 is 14.6 Å². The molecule has 5 nitrogen and oxygen atoms in total. The highest BCUT2D eigenvalue weighted by molar-refractivity contribution is 7.80. The van der Waals surface area contributed by atoms with Crippen LogP contribution in [0.5, 0.6) is 11.5 Å². The average Bonchev–Trinajstić information content (AvgIpc) is 2.59. The normalized spacial score (nSPS) is 11.4. The molecule has 6 heteroatoms. The molecule has 3 N–H and O–H groups in total. The van der Waals surface area contributed by atoms with Gasteiger partial charge in [-0.2, -0.15) is 0 Å². The molecule has 0 bridgehead atoms. The molecule has 0 spiro atoms. The van der Waals surface area contributed by atoms with Crippen molar-refractivity contribution in [3.8, 4) is 11.5 Å². The zero-order valence-corrected chi connectivity index (χ0v) is 13.7. The average molecular weight is 332 g/mol. The number of benzene rings is 2. The van der Waals surface area contributed by atoms with Crippen LogP contribution in [0.1, 0.15) is 0 Å². The van der Waals surface area contributed by atoms with E-state index in [1.54, 1.807) is 31.4 Å². The monoisotopic (exact) mass is 332 g/mol. The summed E-state index contributed by atoms with van der Waals surface area (Å²) in [5, 5.41) is 16.4. The van der Waals surface area contributed by atoms with Gasteiger partial charge < -0.3 is 25.2 Å². The highest BCUT2D eigenvalue weighted by atomic mass is 32.1. The summed E-state index contributed by atoms with van der Waals surface area (Å²) in [7, 11) is 1.61. The van der Waals surface area contributed by atoms with Gasteiger partial charge in [-0.05, 0) is 48.6 Å². The van der Waals surface area contributed by atoms with Gasteiger partial charge in [0.2, 0.25) is 0 Å². The first kappa shape index (κ1) is 17.1. The van der Waals surface area contributed by atoms with Crippen LogP contribution in [0.25, 0.3) is 0 Å². The lowest BCUT2D eigenvalue weighted by Crippen LogP contribution is -2.37. The Labute approximate surface area is 141 Å². The molecule has 2 aromatic rings. The standard InChI is InChI=1S/C17H20N2O3S/c1-21-15-7-9-16(10-8-15)22-12-14(20)11-18-17(23)19-13-5-3-2-4-6-13/h2-10,14,20H,11-12H2,1H3,(H2,18,19,23). The molecule has 0 saturated heterocycles. The van der Waals surface area contributed by atoms with E-state index in [4.69, 9.17) is 21.7 Å². The first-order chi connectivity index (χ1) is 11.2. The van der Waals surface area contributed by atoms with Crippen LogP contribution in [0.15, 0.2) is 54.6 Å². The summed E-state index contributed by atoms with van der Waals surface area (Å²) in [6.45, 7) is 0.474. The van der Waals surface area contributed by atoms with Crippen molar-refractivity contribution in [2.24, 2.45) is 0 Å². The molecule has 2 rings (SSSR count). The second-order valence-electron chi connectivity index (χ2n) is 4.84.